The number of rotatable bonds is 1. The molecule has 1 aromatic carbocycles. The smallest absolute Gasteiger partial charge is 0.273 e. The lowest BCUT2D eigenvalue weighted by molar-refractivity contribution is -0.385. The molecule has 0 amide bonds. The zero-order valence-corrected chi connectivity index (χ0v) is 15.4. The van der Waals surface area contributed by atoms with Crippen LogP contribution in [0.3, 0.4) is 0 Å². The lowest BCUT2D eigenvalue weighted by atomic mass is 10.3. The van der Waals surface area contributed by atoms with Crippen LogP contribution >= 0.6 is 0 Å². The Kier molecular flexibility index (Phi) is 10.5. The van der Waals surface area contributed by atoms with Crippen molar-refractivity contribution in [2.75, 3.05) is 66.1 Å². The van der Waals surface area contributed by atoms with Crippen molar-refractivity contribution in [3.63, 3.8) is 0 Å². The van der Waals surface area contributed by atoms with E-state index < -0.39 is 4.92 Å². The topological polar surface area (TPSA) is 98.5 Å². The average molecular weight is 385 g/mol. The molecule has 0 fully saturated rings. The summed E-state index contributed by atoms with van der Waals surface area (Å²) in [5, 5.41) is 11.0. The van der Waals surface area contributed by atoms with Crippen LogP contribution in [0, 0.1) is 10.1 Å². The standard InChI is InChI=1S/C18H27NO8/c20-19(21)16-3-4-17-18(15-16)27-8-2-6-23-10-12-25-14-13-24-11-9-22-5-1-7-26-17/h3-4,15H,1-2,5-14H2. The molecule has 1 aliphatic rings. The van der Waals surface area contributed by atoms with Crippen LogP contribution in [0.15, 0.2) is 18.2 Å². The molecule has 0 aromatic heterocycles. The molecule has 0 radical (unpaired) electrons. The van der Waals surface area contributed by atoms with Crippen molar-refractivity contribution in [2.24, 2.45) is 0 Å². The van der Waals surface area contributed by atoms with Crippen molar-refractivity contribution < 1.29 is 33.3 Å². The summed E-state index contributed by atoms with van der Waals surface area (Å²) in [4.78, 5) is 10.5. The van der Waals surface area contributed by atoms with Crippen LogP contribution in [-0.4, -0.2) is 71.0 Å². The van der Waals surface area contributed by atoms with Gasteiger partial charge >= 0.3 is 0 Å². The summed E-state index contributed by atoms with van der Waals surface area (Å²) in [7, 11) is 0. The van der Waals surface area contributed by atoms with Crippen molar-refractivity contribution in [3.8, 4) is 11.5 Å². The maximum Gasteiger partial charge on any atom is 0.273 e. The predicted octanol–water partition coefficient (Wildman–Crippen LogP) is 2.21. The molecule has 2 rings (SSSR count). The maximum atomic E-state index is 11.0. The minimum absolute atomic E-state index is 0.0384. The van der Waals surface area contributed by atoms with E-state index in [1.165, 1.54) is 12.1 Å². The Morgan fingerprint density at radius 1 is 0.667 bits per heavy atom. The molecular formula is C18H27NO8. The summed E-state index contributed by atoms with van der Waals surface area (Å²) in [5.74, 6) is 0.837. The molecule has 1 aliphatic heterocycles. The van der Waals surface area contributed by atoms with Gasteiger partial charge in [0.05, 0.1) is 63.8 Å². The first-order valence-electron chi connectivity index (χ1n) is 9.12. The fraction of sp³-hybridized carbons (Fsp3) is 0.667. The van der Waals surface area contributed by atoms with Gasteiger partial charge < -0.3 is 28.4 Å². The predicted molar refractivity (Wildman–Crippen MR) is 96.6 cm³/mol. The molecule has 9 heteroatoms. The fourth-order valence-electron chi connectivity index (χ4n) is 2.29. The van der Waals surface area contributed by atoms with Gasteiger partial charge in [-0.05, 0) is 6.07 Å². The van der Waals surface area contributed by atoms with E-state index in [1.807, 2.05) is 0 Å². The van der Waals surface area contributed by atoms with Crippen LogP contribution < -0.4 is 9.47 Å². The van der Waals surface area contributed by atoms with Gasteiger partial charge in [0.25, 0.3) is 5.69 Å². The molecule has 9 nitrogen and oxygen atoms in total. The Balaban J connectivity index is 1.88. The highest BCUT2D eigenvalue weighted by Gasteiger charge is 2.13. The third-order valence-corrected chi connectivity index (χ3v) is 3.64. The number of non-ortho nitro benzene ring substituents is 1. The SMILES string of the molecule is O=[N+]([O-])c1ccc2c(c1)OCCCOCCOCCOCCOCCCO2. The molecule has 0 unspecified atom stereocenters. The molecule has 0 atom stereocenters. The summed E-state index contributed by atoms with van der Waals surface area (Å²) in [6.45, 7) is 4.93. The molecule has 0 aliphatic carbocycles. The number of nitro groups is 1. The van der Waals surface area contributed by atoms with Gasteiger partial charge in [-0.3, -0.25) is 10.1 Å². The molecule has 0 bridgehead atoms. The summed E-state index contributed by atoms with van der Waals surface area (Å²) in [6.07, 6.45) is 1.34. The highest BCUT2D eigenvalue weighted by Crippen LogP contribution is 2.31. The van der Waals surface area contributed by atoms with Gasteiger partial charge in [0.2, 0.25) is 0 Å². The van der Waals surface area contributed by atoms with Crippen molar-refractivity contribution in [1.29, 1.82) is 0 Å². The highest BCUT2D eigenvalue weighted by molar-refractivity contribution is 5.48. The third-order valence-electron chi connectivity index (χ3n) is 3.64. The van der Waals surface area contributed by atoms with Crippen molar-refractivity contribution in [3.05, 3.63) is 28.3 Å². The monoisotopic (exact) mass is 385 g/mol. The van der Waals surface area contributed by atoms with Crippen molar-refractivity contribution in [1.82, 2.24) is 0 Å². The van der Waals surface area contributed by atoms with Gasteiger partial charge in [0.15, 0.2) is 11.5 Å². The van der Waals surface area contributed by atoms with E-state index in [-0.39, 0.29) is 5.69 Å². The Hall–Kier alpha value is -1.94. The second kappa shape index (κ2) is 13.3. The Morgan fingerprint density at radius 3 is 1.67 bits per heavy atom. The average Bonchev–Trinajstić information content (AvgIpc) is 2.66. The maximum absolute atomic E-state index is 11.0. The highest BCUT2D eigenvalue weighted by atomic mass is 16.6. The van der Waals surface area contributed by atoms with Gasteiger partial charge in [-0.25, -0.2) is 0 Å². The van der Waals surface area contributed by atoms with Crippen LogP contribution in [0.5, 0.6) is 11.5 Å². The van der Waals surface area contributed by atoms with Gasteiger partial charge in [0, 0.05) is 32.1 Å². The number of hydrogen-bond acceptors (Lipinski definition) is 8. The number of fused-ring (bicyclic) bond motifs is 1. The zero-order valence-electron chi connectivity index (χ0n) is 15.4. The minimum Gasteiger partial charge on any atom is -0.490 e. The van der Waals surface area contributed by atoms with Crippen LogP contribution in [0.25, 0.3) is 0 Å². The minimum atomic E-state index is -0.459. The summed E-state index contributed by atoms with van der Waals surface area (Å²) >= 11 is 0. The lowest BCUT2D eigenvalue weighted by Gasteiger charge is -2.13. The van der Waals surface area contributed by atoms with Crippen molar-refractivity contribution in [2.45, 2.75) is 12.8 Å². The van der Waals surface area contributed by atoms with E-state index in [2.05, 4.69) is 0 Å². The Morgan fingerprint density at radius 2 is 1.15 bits per heavy atom. The molecule has 0 saturated heterocycles. The number of nitro benzene ring substituents is 1. The third kappa shape index (κ3) is 9.00. The molecule has 1 heterocycles. The number of hydrogen-bond donors (Lipinski definition) is 0. The Labute approximate surface area is 158 Å². The van der Waals surface area contributed by atoms with E-state index in [0.717, 1.165) is 0 Å². The van der Waals surface area contributed by atoms with Gasteiger partial charge in [-0.1, -0.05) is 0 Å². The zero-order chi connectivity index (χ0) is 19.2. The molecular weight excluding hydrogens is 358 g/mol. The van der Waals surface area contributed by atoms with Crippen LogP contribution in [0.2, 0.25) is 0 Å². The first-order valence-corrected chi connectivity index (χ1v) is 9.12. The van der Waals surface area contributed by atoms with E-state index >= 15 is 0 Å². The molecule has 1 aromatic rings. The van der Waals surface area contributed by atoms with Gasteiger partial charge in [-0.2, -0.15) is 0 Å². The van der Waals surface area contributed by atoms with Crippen molar-refractivity contribution >= 4 is 5.69 Å². The molecule has 0 N–H and O–H groups in total. The van der Waals surface area contributed by atoms with E-state index in [4.69, 9.17) is 28.4 Å². The Bertz CT molecular complexity index is 554. The van der Waals surface area contributed by atoms with Crippen LogP contribution in [-0.2, 0) is 18.9 Å². The quantitative estimate of drug-likeness (QED) is 0.536. The first-order chi connectivity index (χ1) is 13.3. The van der Waals surface area contributed by atoms with Crippen LogP contribution in [0.1, 0.15) is 12.8 Å². The van der Waals surface area contributed by atoms with Gasteiger partial charge in [-0.15, -0.1) is 0 Å². The van der Waals surface area contributed by atoms with Gasteiger partial charge in [0.1, 0.15) is 0 Å². The molecule has 152 valence electrons. The summed E-state index contributed by atoms with van der Waals surface area (Å²) in [6, 6.07) is 4.34. The van der Waals surface area contributed by atoms with E-state index in [9.17, 15) is 10.1 Å². The largest absolute Gasteiger partial charge is 0.490 e. The lowest BCUT2D eigenvalue weighted by Crippen LogP contribution is -2.13. The first kappa shape index (κ1) is 21.4. The normalized spacial score (nSPS) is 19.1. The fourth-order valence-corrected chi connectivity index (χ4v) is 2.29. The summed E-state index contributed by atoms with van der Waals surface area (Å²) < 4.78 is 33.1. The number of ether oxygens (including phenoxy) is 6. The van der Waals surface area contributed by atoms with Crippen LogP contribution in [0.4, 0.5) is 5.69 Å². The summed E-state index contributed by atoms with van der Waals surface area (Å²) in [5.41, 5.74) is -0.0384. The second-order valence-electron chi connectivity index (χ2n) is 5.74. The molecule has 27 heavy (non-hydrogen) atoms. The second-order valence-corrected chi connectivity index (χ2v) is 5.74. The molecule has 0 saturated carbocycles. The number of benzene rings is 1. The number of nitrogens with zero attached hydrogens (tertiary/aromatic N) is 1. The van der Waals surface area contributed by atoms with E-state index in [0.29, 0.717) is 90.4 Å². The van der Waals surface area contributed by atoms with E-state index in [1.54, 1.807) is 6.07 Å². The molecule has 0 spiro atoms.